The summed E-state index contributed by atoms with van der Waals surface area (Å²) in [5.74, 6) is 0.228. The number of aromatic nitrogens is 3. The zero-order valence-electron chi connectivity index (χ0n) is 23.9. The van der Waals surface area contributed by atoms with Crippen LogP contribution in [0.25, 0.3) is 22.2 Å². The normalized spacial score (nSPS) is 12.9. The maximum atomic E-state index is 15.4. The number of nitrogens with zero attached hydrogens (tertiary/aromatic N) is 6. The average molecular weight is 561 g/mol. The summed E-state index contributed by atoms with van der Waals surface area (Å²) in [6, 6.07) is 8.97. The number of methoxy groups -OCH3 is 1. The quantitative estimate of drug-likeness (QED) is 0.177. The van der Waals surface area contributed by atoms with Crippen LogP contribution >= 0.6 is 0 Å². The van der Waals surface area contributed by atoms with Crippen LogP contribution in [0.15, 0.2) is 36.5 Å². The van der Waals surface area contributed by atoms with Gasteiger partial charge in [-0.3, -0.25) is 10.1 Å². The number of hydrogen-bond acceptors (Lipinski definition) is 9. The molecule has 1 aliphatic rings. The second-order valence-corrected chi connectivity index (χ2v) is 10.2. The molecule has 0 unspecified atom stereocenters. The molecule has 1 aliphatic heterocycles. The van der Waals surface area contributed by atoms with Gasteiger partial charge < -0.3 is 29.2 Å². The van der Waals surface area contributed by atoms with Crippen LogP contribution in [0, 0.1) is 15.9 Å². The third kappa shape index (κ3) is 5.42. The summed E-state index contributed by atoms with van der Waals surface area (Å²) in [4.78, 5) is 24.4. The number of benzene rings is 2. The van der Waals surface area contributed by atoms with Crippen molar-refractivity contribution in [3.05, 3.63) is 58.2 Å². The summed E-state index contributed by atoms with van der Waals surface area (Å²) >= 11 is 0. The van der Waals surface area contributed by atoms with E-state index < -0.39 is 10.7 Å². The van der Waals surface area contributed by atoms with Crippen LogP contribution in [0.3, 0.4) is 0 Å². The molecule has 5 rings (SSSR count). The Morgan fingerprint density at radius 3 is 2.78 bits per heavy atom. The molecule has 0 saturated heterocycles. The molecule has 0 fully saturated rings. The first kappa shape index (κ1) is 28.3. The van der Waals surface area contributed by atoms with Gasteiger partial charge in [-0.05, 0) is 26.2 Å². The van der Waals surface area contributed by atoms with Crippen LogP contribution in [0.1, 0.15) is 5.69 Å². The highest BCUT2D eigenvalue weighted by atomic mass is 19.1. The van der Waals surface area contributed by atoms with E-state index in [0.717, 1.165) is 34.8 Å². The van der Waals surface area contributed by atoms with E-state index in [1.165, 1.54) is 6.07 Å². The molecule has 41 heavy (non-hydrogen) atoms. The first-order chi connectivity index (χ1) is 19.7. The van der Waals surface area contributed by atoms with Gasteiger partial charge in [0.25, 0.3) is 5.69 Å². The van der Waals surface area contributed by atoms with E-state index in [0.29, 0.717) is 56.3 Å². The maximum Gasteiger partial charge on any atom is 0.294 e. The molecule has 0 amide bonds. The lowest BCUT2D eigenvalue weighted by Gasteiger charge is -2.23. The minimum Gasteiger partial charge on any atom is -0.495 e. The number of hydrogen-bond donors (Lipinski definition) is 1. The summed E-state index contributed by atoms with van der Waals surface area (Å²) in [6.07, 6.45) is 1.12. The van der Waals surface area contributed by atoms with Gasteiger partial charge in [0.05, 0.1) is 42.7 Å². The molecule has 13 heteroatoms. The lowest BCUT2D eigenvalue weighted by molar-refractivity contribution is -0.384. The largest absolute Gasteiger partial charge is 0.495 e. The average Bonchev–Trinajstić information content (AvgIpc) is 3.31. The van der Waals surface area contributed by atoms with Crippen LogP contribution in [-0.4, -0.2) is 79.6 Å². The molecule has 0 saturated carbocycles. The Morgan fingerprint density at radius 1 is 1.27 bits per heavy atom. The summed E-state index contributed by atoms with van der Waals surface area (Å²) < 4.78 is 28.9. The highest BCUT2D eigenvalue weighted by Crippen LogP contribution is 2.41. The number of likely N-dealkylation sites (N-methyl/N-ethyl adjacent to an activating group) is 2. The van der Waals surface area contributed by atoms with E-state index in [4.69, 9.17) is 9.47 Å². The van der Waals surface area contributed by atoms with Crippen molar-refractivity contribution in [3.8, 4) is 17.0 Å². The summed E-state index contributed by atoms with van der Waals surface area (Å²) in [6.45, 7) is 4.78. The molecule has 0 radical (unpaired) electrons. The van der Waals surface area contributed by atoms with Gasteiger partial charge in [-0.25, -0.2) is 14.4 Å². The fourth-order valence-corrected chi connectivity index (χ4v) is 5.25. The van der Waals surface area contributed by atoms with Crippen molar-refractivity contribution in [2.45, 2.75) is 20.0 Å². The van der Waals surface area contributed by atoms with Gasteiger partial charge in [-0.1, -0.05) is 24.4 Å². The molecule has 4 aromatic rings. The van der Waals surface area contributed by atoms with Gasteiger partial charge in [-0.15, -0.1) is 0 Å². The van der Waals surface area contributed by atoms with Crippen molar-refractivity contribution < 1.29 is 18.8 Å². The zero-order chi connectivity index (χ0) is 29.3. The molecular formula is C28H33BFN7O4. The highest BCUT2D eigenvalue weighted by molar-refractivity contribution is 6.54. The number of halogens is 1. The zero-order valence-corrected chi connectivity index (χ0v) is 23.9. The number of nitro groups is 1. The summed E-state index contributed by atoms with van der Waals surface area (Å²) in [5.41, 5.74) is 4.22. The monoisotopic (exact) mass is 561 g/mol. The second kappa shape index (κ2) is 11.7. The third-order valence-corrected chi connectivity index (χ3v) is 7.37. The van der Waals surface area contributed by atoms with Gasteiger partial charge in [0.2, 0.25) is 5.95 Å². The van der Waals surface area contributed by atoms with Crippen LogP contribution in [0.4, 0.5) is 27.4 Å². The molecule has 1 N–H and O–H groups in total. The molecular weight excluding hydrogens is 528 g/mol. The Morgan fingerprint density at radius 2 is 2.07 bits per heavy atom. The fraction of sp³-hybridized carbons (Fsp3) is 0.357. The summed E-state index contributed by atoms with van der Waals surface area (Å²) in [5, 5.41) is 16.0. The molecule has 214 valence electrons. The number of nitrogens with one attached hydrogen (secondary N) is 1. The predicted octanol–water partition coefficient (Wildman–Crippen LogP) is 3.54. The minimum atomic E-state index is -0.584. The smallest absolute Gasteiger partial charge is 0.294 e. The molecule has 2 aromatic heterocycles. The van der Waals surface area contributed by atoms with E-state index in [1.807, 2.05) is 62.0 Å². The Balaban J connectivity index is 1.58. The number of fused-ring (bicyclic) bond motifs is 3. The number of ether oxygens (including phenoxy) is 2. The van der Waals surface area contributed by atoms with Gasteiger partial charge in [0.15, 0.2) is 13.1 Å². The highest BCUT2D eigenvalue weighted by Gasteiger charge is 2.27. The van der Waals surface area contributed by atoms with Crippen molar-refractivity contribution in [2.24, 2.45) is 0 Å². The van der Waals surface area contributed by atoms with Crippen molar-refractivity contribution in [2.75, 3.05) is 58.2 Å². The van der Waals surface area contributed by atoms with Crippen LogP contribution in [-0.2, 0) is 17.9 Å². The maximum absolute atomic E-state index is 15.4. The Kier molecular flexibility index (Phi) is 8.09. The molecule has 2 aromatic carbocycles. The SMILES string of the molecule is CBc1cc(N(C)CCN(C)C)c([N+](=O)[O-])cc1Nc1ncc(F)c(-c2c3n(c4c(OC)cccc24)CCOC3)n1. The molecule has 0 spiro atoms. The first-order valence-corrected chi connectivity index (χ1v) is 13.5. The summed E-state index contributed by atoms with van der Waals surface area (Å²) in [7, 11) is 7.98. The van der Waals surface area contributed by atoms with Crippen LogP contribution in [0.2, 0.25) is 6.82 Å². The Bertz CT molecular complexity index is 1610. The van der Waals surface area contributed by atoms with Crippen molar-refractivity contribution in [1.29, 1.82) is 0 Å². The molecule has 0 atom stereocenters. The van der Waals surface area contributed by atoms with Gasteiger partial charge in [0.1, 0.15) is 17.1 Å². The Labute approximate surface area is 238 Å². The van der Waals surface area contributed by atoms with Crippen molar-refractivity contribution in [1.82, 2.24) is 19.4 Å². The third-order valence-electron chi connectivity index (χ3n) is 7.37. The van der Waals surface area contributed by atoms with Crippen molar-refractivity contribution in [3.63, 3.8) is 0 Å². The number of rotatable bonds is 10. The van der Waals surface area contributed by atoms with Crippen molar-refractivity contribution >= 4 is 46.7 Å². The van der Waals surface area contributed by atoms with Gasteiger partial charge in [0, 0.05) is 49.4 Å². The van der Waals surface area contributed by atoms with Crippen LogP contribution in [0.5, 0.6) is 5.75 Å². The van der Waals surface area contributed by atoms with E-state index in [1.54, 1.807) is 7.11 Å². The topological polar surface area (TPSA) is 111 Å². The molecule has 0 aliphatic carbocycles. The van der Waals surface area contributed by atoms with Crippen LogP contribution < -0.4 is 20.4 Å². The molecule has 0 bridgehead atoms. The first-order valence-electron chi connectivity index (χ1n) is 13.5. The van der Waals surface area contributed by atoms with Gasteiger partial charge in [-0.2, -0.15) is 0 Å². The standard InChI is InChI=1S/C28H33BFN7O4/c1-29-18-13-21(35(4)10-9-34(2)3)22(37(38)39)14-20(18)32-28-31-15-19(30)26(33-28)25-17-7-6-8-24(40-5)27(17)36-11-12-41-16-23(25)36/h6-8,13-15,29H,9-12,16H2,1-5H3,(H,31,32,33). The number of para-hydroxylation sites is 1. The lowest BCUT2D eigenvalue weighted by atomic mass is 9.72. The molecule has 3 heterocycles. The Hall–Kier alpha value is -4.23. The van der Waals surface area contributed by atoms with E-state index in [2.05, 4.69) is 19.9 Å². The van der Waals surface area contributed by atoms with E-state index in [-0.39, 0.29) is 17.3 Å². The second-order valence-electron chi connectivity index (χ2n) is 10.2. The number of anilines is 3. The fourth-order valence-electron chi connectivity index (χ4n) is 5.25. The number of nitro benzene ring substituents is 1. The predicted molar refractivity (Wildman–Crippen MR) is 160 cm³/mol. The lowest BCUT2D eigenvalue weighted by Crippen LogP contribution is -2.30. The van der Waals surface area contributed by atoms with Gasteiger partial charge >= 0.3 is 0 Å². The van der Waals surface area contributed by atoms with E-state index >= 15 is 4.39 Å². The van der Waals surface area contributed by atoms with E-state index in [9.17, 15) is 10.1 Å². The minimum absolute atomic E-state index is 0.0370. The molecule has 11 nitrogen and oxygen atoms in total.